The summed E-state index contributed by atoms with van der Waals surface area (Å²) in [6.45, 7) is 1.94. The first kappa shape index (κ1) is 13.8. The highest BCUT2D eigenvalue weighted by molar-refractivity contribution is 5.72. The van der Waals surface area contributed by atoms with E-state index in [9.17, 15) is 0 Å². The van der Waals surface area contributed by atoms with Gasteiger partial charge in [0.15, 0.2) is 0 Å². The average Bonchev–Trinajstić information content (AvgIpc) is 2.84. The Morgan fingerprint density at radius 2 is 1.91 bits per heavy atom. The molecule has 0 radical (unpaired) electrons. The lowest BCUT2D eigenvalue weighted by atomic mass is 10.0. The largest absolute Gasteiger partial charge is 0.316 e. The molecule has 2 unspecified atom stereocenters. The maximum Gasteiger partial charge on any atom is 0.133 e. The van der Waals surface area contributed by atoms with Crippen LogP contribution >= 0.6 is 0 Å². The number of anilines is 2. The van der Waals surface area contributed by atoms with E-state index in [1.54, 1.807) is 11.1 Å². The van der Waals surface area contributed by atoms with Crippen molar-refractivity contribution in [3.63, 3.8) is 0 Å². The maximum absolute atomic E-state index is 8.90. The fourth-order valence-corrected chi connectivity index (χ4v) is 2.79. The van der Waals surface area contributed by atoms with Gasteiger partial charge in [-0.15, -0.1) is 0 Å². The van der Waals surface area contributed by atoms with Crippen LogP contribution in [0.25, 0.3) is 20.9 Å². The van der Waals surface area contributed by atoms with Crippen LogP contribution < -0.4 is 4.90 Å². The third-order valence-electron chi connectivity index (χ3n) is 3.65. The van der Waals surface area contributed by atoms with Crippen LogP contribution in [0.3, 0.4) is 0 Å². The second-order valence-electron chi connectivity index (χ2n) is 4.83. The van der Waals surface area contributed by atoms with E-state index in [0.717, 1.165) is 16.8 Å². The normalized spacial score (nSPS) is 19.0. The summed E-state index contributed by atoms with van der Waals surface area (Å²) in [6.07, 6.45) is 0.991. The summed E-state index contributed by atoms with van der Waals surface area (Å²) in [5.41, 5.74) is 20.5. The summed E-state index contributed by atoms with van der Waals surface area (Å²) in [5.74, 6) is 0.641. The lowest BCUT2D eigenvalue weighted by molar-refractivity contribution is 0.583. The molecule has 0 spiro atoms. The summed E-state index contributed by atoms with van der Waals surface area (Å²) in [6, 6.07) is 10.7. The van der Waals surface area contributed by atoms with Crippen LogP contribution in [0.2, 0.25) is 0 Å². The first-order valence-corrected chi connectivity index (χ1v) is 6.66. The molecule has 0 aliphatic carbocycles. The molecule has 3 rings (SSSR count). The number of aromatic nitrogens is 1. The zero-order valence-electron chi connectivity index (χ0n) is 11.8. The molecule has 0 bridgehead atoms. The van der Waals surface area contributed by atoms with E-state index in [1.807, 2.05) is 43.3 Å². The average molecular weight is 292 g/mol. The van der Waals surface area contributed by atoms with Crippen molar-refractivity contribution in [3.05, 3.63) is 74.6 Å². The van der Waals surface area contributed by atoms with Gasteiger partial charge in [-0.2, -0.15) is 0 Å². The molecular formula is C14H12N8. The fourth-order valence-electron chi connectivity index (χ4n) is 2.79. The van der Waals surface area contributed by atoms with Crippen molar-refractivity contribution in [2.75, 3.05) is 4.90 Å². The van der Waals surface area contributed by atoms with Crippen LogP contribution in [-0.4, -0.2) is 11.1 Å². The van der Waals surface area contributed by atoms with E-state index in [2.05, 4.69) is 25.0 Å². The number of nitrogens with zero attached hydrogens (tertiary/aromatic N) is 8. The topological polar surface area (TPSA) is 114 Å². The number of hydrogen-bond acceptors (Lipinski definition) is 4. The highest BCUT2D eigenvalue weighted by Crippen LogP contribution is 2.47. The standard InChI is InChI=1S/C14H12N8/c1-9-5-4-6-10-12(9)13(18-20-15)14(19-21-16)22(10)11-7-2-3-8-17-11/h2-8,13-14H,1H3. The molecule has 0 N–H and O–H groups in total. The molecule has 0 saturated heterocycles. The third-order valence-corrected chi connectivity index (χ3v) is 3.65. The van der Waals surface area contributed by atoms with Crippen LogP contribution in [-0.2, 0) is 0 Å². The molecule has 8 heteroatoms. The van der Waals surface area contributed by atoms with E-state index in [1.165, 1.54) is 0 Å². The number of hydrogen-bond donors (Lipinski definition) is 0. The molecule has 0 amide bonds. The van der Waals surface area contributed by atoms with Gasteiger partial charge in [0.05, 0.1) is 6.04 Å². The van der Waals surface area contributed by atoms with Gasteiger partial charge in [0, 0.05) is 21.7 Å². The van der Waals surface area contributed by atoms with Gasteiger partial charge in [0.1, 0.15) is 12.0 Å². The zero-order chi connectivity index (χ0) is 15.5. The van der Waals surface area contributed by atoms with Crippen LogP contribution in [0.4, 0.5) is 11.5 Å². The molecule has 108 valence electrons. The molecule has 1 aliphatic heterocycles. The summed E-state index contributed by atoms with van der Waals surface area (Å²) in [7, 11) is 0. The molecule has 0 saturated carbocycles. The van der Waals surface area contributed by atoms with Crippen molar-refractivity contribution in [3.8, 4) is 0 Å². The molecule has 8 nitrogen and oxygen atoms in total. The summed E-state index contributed by atoms with van der Waals surface area (Å²) >= 11 is 0. The van der Waals surface area contributed by atoms with Gasteiger partial charge >= 0.3 is 0 Å². The molecule has 22 heavy (non-hydrogen) atoms. The molecular weight excluding hydrogens is 280 g/mol. The van der Waals surface area contributed by atoms with E-state index >= 15 is 0 Å². The second kappa shape index (κ2) is 5.65. The van der Waals surface area contributed by atoms with Crippen molar-refractivity contribution >= 4 is 11.5 Å². The Kier molecular flexibility index (Phi) is 3.53. The Labute approximate surface area is 126 Å². The van der Waals surface area contributed by atoms with Crippen LogP contribution in [0.5, 0.6) is 0 Å². The van der Waals surface area contributed by atoms with Crippen molar-refractivity contribution < 1.29 is 0 Å². The minimum Gasteiger partial charge on any atom is -0.316 e. The number of rotatable bonds is 3. The zero-order valence-corrected chi connectivity index (χ0v) is 11.8. The number of benzene rings is 1. The third kappa shape index (κ3) is 2.09. The highest BCUT2D eigenvalue weighted by atomic mass is 15.4. The number of fused-ring (bicyclic) bond motifs is 1. The van der Waals surface area contributed by atoms with Crippen LogP contribution in [0.15, 0.2) is 52.8 Å². The quantitative estimate of drug-likeness (QED) is 0.469. The lowest BCUT2D eigenvalue weighted by Gasteiger charge is -2.24. The first-order chi connectivity index (χ1) is 10.8. The van der Waals surface area contributed by atoms with E-state index in [0.29, 0.717) is 5.82 Å². The summed E-state index contributed by atoms with van der Waals surface area (Å²) < 4.78 is 0. The van der Waals surface area contributed by atoms with Gasteiger partial charge in [-0.25, -0.2) is 4.98 Å². The fraction of sp³-hybridized carbons (Fsp3) is 0.214. The predicted molar refractivity (Wildman–Crippen MR) is 82.4 cm³/mol. The van der Waals surface area contributed by atoms with Crippen molar-refractivity contribution in [2.45, 2.75) is 19.1 Å². The number of aryl methyl sites for hydroxylation is 1. The summed E-state index contributed by atoms with van der Waals surface area (Å²) in [4.78, 5) is 12.0. The Morgan fingerprint density at radius 1 is 1.09 bits per heavy atom. The predicted octanol–water partition coefficient (Wildman–Crippen LogP) is 4.53. The maximum atomic E-state index is 8.90. The number of azide groups is 2. The molecule has 2 aromatic rings. The smallest absolute Gasteiger partial charge is 0.133 e. The molecule has 1 aromatic carbocycles. The molecule has 2 atom stereocenters. The van der Waals surface area contributed by atoms with Crippen molar-refractivity contribution in [1.82, 2.24) is 4.98 Å². The molecule has 2 heterocycles. The Hall–Kier alpha value is -3.21. The first-order valence-electron chi connectivity index (χ1n) is 6.66. The number of pyridine rings is 1. The molecule has 0 fully saturated rings. The van der Waals surface area contributed by atoms with Crippen molar-refractivity contribution in [1.29, 1.82) is 0 Å². The van der Waals surface area contributed by atoms with Crippen LogP contribution in [0, 0.1) is 6.92 Å². The Balaban J connectivity index is 2.26. The SMILES string of the molecule is Cc1cccc2c1C(N=[N+]=[N-])C(N=[N+]=[N-])N2c1ccccn1. The summed E-state index contributed by atoms with van der Waals surface area (Å²) in [5, 5.41) is 7.69. The Bertz CT molecular complexity index is 790. The van der Waals surface area contributed by atoms with Gasteiger partial charge in [-0.3, -0.25) is 0 Å². The minimum absolute atomic E-state index is 0.584. The van der Waals surface area contributed by atoms with Crippen molar-refractivity contribution in [2.24, 2.45) is 10.2 Å². The van der Waals surface area contributed by atoms with E-state index in [-0.39, 0.29) is 0 Å². The lowest BCUT2D eigenvalue weighted by Crippen LogP contribution is -2.27. The van der Waals surface area contributed by atoms with Gasteiger partial charge in [-0.1, -0.05) is 28.4 Å². The highest BCUT2D eigenvalue weighted by Gasteiger charge is 2.39. The second-order valence-corrected chi connectivity index (χ2v) is 4.83. The van der Waals surface area contributed by atoms with Gasteiger partial charge < -0.3 is 4.90 Å². The monoisotopic (exact) mass is 292 g/mol. The van der Waals surface area contributed by atoms with E-state index in [4.69, 9.17) is 11.1 Å². The van der Waals surface area contributed by atoms with Gasteiger partial charge in [0.2, 0.25) is 0 Å². The van der Waals surface area contributed by atoms with E-state index < -0.39 is 12.2 Å². The molecule has 1 aliphatic rings. The van der Waals surface area contributed by atoms with Crippen LogP contribution in [0.1, 0.15) is 17.2 Å². The Morgan fingerprint density at radius 3 is 2.59 bits per heavy atom. The van der Waals surface area contributed by atoms with Gasteiger partial charge in [-0.05, 0) is 47.3 Å². The minimum atomic E-state index is -0.674. The van der Waals surface area contributed by atoms with Gasteiger partial charge in [0.25, 0.3) is 0 Å². The molecule has 1 aromatic heterocycles.